The molecule has 0 fully saturated rings. The number of para-hydroxylation sites is 1. The van der Waals surface area contributed by atoms with Crippen molar-refractivity contribution in [3.05, 3.63) is 54.0 Å². The zero-order valence-corrected chi connectivity index (χ0v) is 11.2. The van der Waals surface area contributed by atoms with Crippen LogP contribution in [-0.4, -0.2) is 24.7 Å². The molecular formula is C15H17NO4. The van der Waals surface area contributed by atoms with Gasteiger partial charge in [-0.2, -0.15) is 0 Å². The summed E-state index contributed by atoms with van der Waals surface area (Å²) in [6, 6.07) is 10.2. The van der Waals surface area contributed by atoms with Gasteiger partial charge in [0.05, 0.1) is 26.4 Å². The van der Waals surface area contributed by atoms with E-state index in [4.69, 9.17) is 9.15 Å². The fraction of sp³-hybridized carbons (Fsp3) is 0.267. The summed E-state index contributed by atoms with van der Waals surface area (Å²) in [5, 5.41) is 12.0. The molecule has 0 radical (unpaired) electrons. The Kier molecular flexibility index (Phi) is 4.79. The van der Waals surface area contributed by atoms with Crippen molar-refractivity contribution in [3.63, 3.8) is 0 Å². The highest BCUT2D eigenvalue weighted by atomic mass is 16.5. The Balaban J connectivity index is 2.01. The molecule has 0 saturated carbocycles. The number of ether oxygens (including phenoxy) is 1. The number of amides is 1. The van der Waals surface area contributed by atoms with Gasteiger partial charge in [-0.25, -0.2) is 0 Å². The zero-order chi connectivity index (χ0) is 14.4. The van der Waals surface area contributed by atoms with Crippen LogP contribution in [-0.2, 0) is 11.2 Å². The van der Waals surface area contributed by atoms with Crippen molar-refractivity contribution >= 4 is 5.91 Å². The number of carbonyl (C=O) groups is 1. The van der Waals surface area contributed by atoms with Gasteiger partial charge in [0.1, 0.15) is 17.6 Å². The van der Waals surface area contributed by atoms with Gasteiger partial charge in [0.2, 0.25) is 5.91 Å². The number of methoxy groups -OCH3 is 1. The van der Waals surface area contributed by atoms with E-state index in [1.807, 2.05) is 18.2 Å². The third-order valence-corrected chi connectivity index (χ3v) is 2.95. The molecule has 2 N–H and O–H groups in total. The first-order chi connectivity index (χ1) is 9.74. The van der Waals surface area contributed by atoms with Crippen molar-refractivity contribution in [3.8, 4) is 5.75 Å². The maximum Gasteiger partial charge on any atom is 0.225 e. The van der Waals surface area contributed by atoms with Crippen molar-refractivity contribution < 1.29 is 19.1 Å². The first-order valence-corrected chi connectivity index (χ1v) is 6.30. The number of aliphatic hydroxyl groups excluding tert-OH is 1. The van der Waals surface area contributed by atoms with E-state index in [1.165, 1.54) is 6.26 Å². The maximum absolute atomic E-state index is 12.0. The molecule has 1 unspecified atom stereocenters. The maximum atomic E-state index is 12.0. The van der Waals surface area contributed by atoms with E-state index in [9.17, 15) is 9.90 Å². The number of hydrogen-bond acceptors (Lipinski definition) is 4. The lowest BCUT2D eigenvalue weighted by Crippen LogP contribution is -2.31. The highest BCUT2D eigenvalue weighted by molar-refractivity contribution is 5.79. The van der Waals surface area contributed by atoms with Gasteiger partial charge in [0, 0.05) is 5.56 Å². The Morgan fingerprint density at radius 2 is 2.15 bits per heavy atom. The molecule has 0 aliphatic carbocycles. The fourth-order valence-electron chi connectivity index (χ4n) is 1.96. The normalized spacial score (nSPS) is 11.9. The van der Waals surface area contributed by atoms with Crippen molar-refractivity contribution in [2.24, 2.45) is 0 Å². The van der Waals surface area contributed by atoms with E-state index in [2.05, 4.69) is 5.32 Å². The minimum atomic E-state index is -0.535. The highest BCUT2D eigenvalue weighted by Gasteiger charge is 2.17. The van der Waals surface area contributed by atoms with Crippen LogP contribution in [0, 0.1) is 0 Å². The largest absolute Gasteiger partial charge is 0.496 e. The smallest absolute Gasteiger partial charge is 0.225 e. The monoisotopic (exact) mass is 275 g/mol. The second-order valence-electron chi connectivity index (χ2n) is 4.31. The van der Waals surface area contributed by atoms with E-state index >= 15 is 0 Å². The van der Waals surface area contributed by atoms with Crippen LogP contribution in [0.1, 0.15) is 17.4 Å². The van der Waals surface area contributed by atoms with Gasteiger partial charge < -0.3 is 19.6 Å². The van der Waals surface area contributed by atoms with Crippen LogP contribution in [0.4, 0.5) is 0 Å². The summed E-state index contributed by atoms with van der Waals surface area (Å²) in [7, 11) is 1.57. The Bertz CT molecular complexity index is 551. The Morgan fingerprint density at radius 1 is 1.35 bits per heavy atom. The summed E-state index contributed by atoms with van der Waals surface area (Å²) in [5.74, 6) is 0.993. The molecule has 1 aromatic heterocycles. The quantitative estimate of drug-likeness (QED) is 0.841. The molecule has 2 rings (SSSR count). The minimum Gasteiger partial charge on any atom is -0.496 e. The van der Waals surface area contributed by atoms with E-state index in [-0.39, 0.29) is 18.9 Å². The molecule has 106 valence electrons. The standard InChI is InChI=1S/C15H17NO4/c1-19-13-6-3-2-5-11(13)9-15(18)16-12(10-17)14-7-4-8-20-14/h2-8,12,17H,9-10H2,1H3,(H,16,18). The molecule has 1 aromatic carbocycles. The highest BCUT2D eigenvalue weighted by Crippen LogP contribution is 2.18. The van der Waals surface area contributed by atoms with Crippen LogP contribution >= 0.6 is 0 Å². The number of aliphatic hydroxyl groups is 1. The predicted molar refractivity (Wildman–Crippen MR) is 73.4 cm³/mol. The van der Waals surface area contributed by atoms with Crippen molar-refractivity contribution in [1.82, 2.24) is 5.32 Å². The summed E-state index contributed by atoms with van der Waals surface area (Å²) in [6.07, 6.45) is 1.69. The molecule has 0 spiro atoms. The van der Waals surface area contributed by atoms with E-state index in [0.29, 0.717) is 11.5 Å². The molecule has 1 amide bonds. The molecule has 0 aliphatic heterocycles. The van der Waals surface area contributed by atoms with Crippen molar-refractivity contribution in [2.45, 2.75) is 12.5 Å². The lowest BCUT2D eigenvalue weighted by Gasteiger charge is -2.14. The molecule has 0 saturated heterocycles. The van der Waals surface area contributed by atoms with Gasteiger partial charge in [0.25, 0.3) is 0 Å². The van der Waals surface area contributed by atoms with Crippen LogP contribution in [0.5, 0.6) is 5.75 Å². The lowest BCUT2D eigenvalue weighted by atomic mass is 10.1. The molecular weight excluding hydrogens is 258 g/mol. The predicted octanol–water partition coefficient (Wildman–Crippen LogP) is 1.68. The molecule has 5 nitrogen and oxygen atoms in total. The van der Waals surface area contributed by atoms with Gasteiger partial charge in [-0.3, -0.25) is 4.79 Å². The third-order valence-electron chi connectivity index (χ3n) is 2.95. The van der Waals surface area contributed by atoms with E-state index in [0.717, 1.165) is 5.56 Å². The van der Waals surface area contributed by atoms with Crippen LogP contribution in [0.15, 0.2) is 47.1 Å². The van der Waals surface area contributed by atoms with Crippen LogP contribution in [0.2, 0.25) is 0 Å². The number of carbonyl (C=O) groups excluding carboxylic acids is 1. The van der Waals surface area contributed by atoms with Gasteiger partial charge in [-0.1, -0.05) is 18.2 Å². The molecule has 5 heteroatoms. The first kappa shape index (κ1) is 14.1. The SMILES string of the molecule is COc1ccccc1CC(=O)NC(CO)c1ccco1. The number of rotatable bonds is 6. The Hall–Kier alpha value is -2.27. The van der Waals surface area contributed by atoms with Crippen molar-refractivity contribution in [2.75, 3.05) is 13.7 Å². The van der Waals surface area contributed by atoms with Gasteiger partial charge in [0.15, 0.2) is 0 Å². The van der Waals surface area contributed by atoms with Gasteiger partial charge >= 0.3 is 0 Å². The van der Waals surface area contributed by atoms with Crippen LogP contribution in [0.25, 0.3) is 0 Å². The number of furan rings is 1. The van der Waals surface area contributed by atoms with E-state index in [1.54, 1.807) is 25.3 Å². The summed E-state index contributed by atoms with van der Waals surface area (Å²) in [5.41, 5.74) is 0.795. The minimum absolute atomic E-state index is 0.182. The molecule has 1 heterocycles. The average Bonchev–Trinajstić information content (AvgIpc) is 2.99. The zero-order valence-electron chi connectivity index (χ0n) is 11.2. The third kappa shape index (κ3) is 3.39. The molecule has 0 aliphatic rings. The molecule has 0 bridgehead atoms. The summed E-state index contributed by atoms with van der Waals surface area (Å²) >= 11 is 0. The van der Waals surface area contributed by atoms with Crippen LogP contribution in [0.3, 0.4) is 0 Å². The molecule has 20 heavy (non-hydrogen) atoms. The second kappa shape index (κ2) is 6.77. The van der Waals surface area contributed by atoms with Gasteiger partial charge in [-0.05, 0) is 18.2 Å². The van der Waals surface area contributed by atoms with Crippen LogP contribution < -0.4 is 10.1 Å². The van der Waals surface area contributed by atoms with E-state index < -0.39 is 6.04 Å². The first-order valence-electron chi connectivity index (χ1n) is 6.30. The summed E-state index contributed by atoms with van der Waals surface area (Å²) in [6.45, 7) is -0.217. The summed E-state index contributed by atoms with van der Waals surface area (Å²) in [4.78, 5) is 12.0. The number of benzene rings is 1. The van der Waals surface area contributed by atoms with Gasteiger partial charge in [-0.15, -0.1) is 0 Å². The topological polar surface area (TPSA) is 71.7 Å². The molecule has 2 aromatic rings. The number of hydrogen-bond donors (Lipinski definition) is 2. The van der Waals surface area contributed by atoms with Crippen molar-refractivity contribution in [1.29, 1.82) is 0 Å². The Morgan fingerprint density at radius 3 is 2.80 bits per heavy atom. The summed E-state index contributed by atoms with van der Waals surface area (Å²) < 4.78 is 10.4. The fourth-order valence-corrected chi connectivity index (χ4v) is 1.96. The number of nitrogens with one attached hydrogen (secondary N) is 1. The lowest BCUT2D eigenvalue weighted by molar-refractivity contribution is -0.121. The Labute approximate surface area is 117 Å². The molecule has 1 atom stereocenters. The average molecular weight is 275 g/mol. The second-order valence-corrected chi connectivity index (χ2v) is 4.31.